The Morgan fingerprint density at radius 1 is 1.07 bits per heavy atom. The third-order valence-electron chi connectivity index (χ3n) is 6.70. The van der Waals surface area contributed by atoms with Gasteiger partial charge in [0.1, 0.15) is 18.2 Å². The number of Topliss-reactive ketones (excluding diaryl/α,β-unsaturated/α-hetero) is 1. The predicted molar refractivity (Wildman–Crippen MR) is 151 cm³/mol. The normalized spacial score (nSPS) is 15.1. The van der Waals surface area contributed by atoms with E-state index < -0.39 is 29.3 Å². The molecule has 1 amide bonds. The van der Waals surface area contributed by atoms with Gasteiger partial charge in [-0.25, -0.2) is 9.37 Å². The van der Waals surface area contributed by atoms with Crippen LogP contribution in [0.25, 0.3) is 10.2 Å². The number of ketones is 1. The van der Waals surface area contributed by atoms with E-state index in [-0.39, 0.29) is 16.5 Å². The lowest BCUT2D eigenvalue weighted by Gasteiger charge is -2.25. The zero-order valence-corrected chi connectivity index (χ0v) is 22.8. The van der Waals surface area contributed by atoms with Gasteiger partial charge in [0.15, 0.2) is 28.1 Å². The van der Waals surface area contributed by atoms with Gasteiger partial charge in [-0.2, -0.15) is 0 Å². The molecule has 0 saturated heterocycles. The molecule has 1 unspecified atom stereocenters. The standard InChI is InChI=1S/C31H23FN2O6S/c1-17-8-12-23(40-17)28(35)26-27(19-9-13-22(24(14-19)38-2)39-16-18-6-4-3-5-7-18)34(30(37)29(26)36)31-33-21-11-10-20(32)15-25(21)41-31/h3-15,27,36H,16H2,1-2H3. The van der Waals surface area contributed by atoms with E-state index >= 15 is 0 Å². The van der Waals surface area contributed by atoms with Gasteiger partial charge in [0.25, 0.3) is 5.91 Å². The summed E-state index contributed by atoms with van der Waals surface area (Å²) < 4.78 is 31.6. The molecule has 206 valence electrons. The number of aromatic nitrogens is 1. The lowest BCUT2D eigenvalue weighted by molar-refractivity contribution is -0.117. The molecule has 1 aliphatic rings. The van der Waals surface area contributed by atoms with Crippen LogP contribution in [0.3, 0.4) is 0 Å². The van der Waals surface area contributed by atoms with Gasteiger partial charge >= 0.3 is 0 Å². The molecular formula is C31H23FN2O6S. The molecule has 3 heterocycles. The molecule has 2 aromatic heterocycles. The number of furan rings is 1. The summed E-state index contributed by atoms with van der Waals surface area (Å²) in [6, 6.07) is 20.8. The number of hydrogen-bond acceptors (Lipinski definition) is 8. The minimum Gasteiger partial charge on any atom is -0.503 e. The Morgan fingerprint density at radius 2 is 1.88 bits per heavy atom. The van der Waals surface area contributed by atoms with E-state index in [1.165, 1.54) is 36.3 Å². The van der Waals surface area contributed by atoms with E-state index in [2.05, 4.69) is 4.98 Å². The number of carbonyl (C=O) groups excluding carboxylic acids is 2. The van der Waals surface area contributed by atoms with Crippen molar-refractivity contribution in [3.05, 3.63) is 119 Å². The zero-order chi connectivity index (χ0) is 28.7. The molecule has 1 atom stereocenters. The van der Waals surface area contributed by atoms with Gasteiger partial charge in [0.05, 0.1) is 28.9 Å². The number of fused-ring (bicyclic) bond motifs is 1. The first-order chi connectivity index (χ1) is 19.8. The van der Waals surface area contributed by atoms with E-state index in [1.54, 1.807) is 31.2 Å². The maximum atomic E-state index is 13.9. The maximum Gasteiger partial charge on any atom is 0.296 e. The summed E-state index contributed by atoms with van der Waals surface area (Å²) in [4.78, 5) is 33.0. The zero-order valence-electron chi connectivity index (χ0n) is 22.0. The second-order valence-electron chi connectivity index (χ2n) is 9.37. The number of hydrogen-bond donors (Lipinski definition) is 1. The number of rotatable bonds is 8. The van der Waals surface area contributed by atoms with Crippen molar-refractivity contribution in [3.63, 3.8) is 0 Å². The highest BCUT2D eigenvalue weighted by Gasteiger charge is 2.46. The largest absolute Gasteiger partial charge is 0.503 e. The highest BCUT2D eigenvalue weighted by atomic mass is 32.1. The molecule has 0 radical (unpaired) electrons. The number of benzene rings is 3. The first kappa shape index (κ1) is 26.3. The SMILES string of the molecule is COc1cc(C2C(C(=O)c3ccc(C)o3)=C(O)C(=O)N2c2nc3ccc(F)cc3s2)ccc1OCc1ccccc1. The van der Waals surface area contributed by atoms with Crippen molar-refractivity contribution < 1.29 is 33.0 Å². The van der Waals surface area contributed by atoms with Crippen molar-refractivity contribution >= 4 is 38.4 Å². The molecular weight excluding hydrogens is 547 g/mol. The Bertz CT molecular complexity index is 1830. The maximum absolute atomic E-state index is 13.9. The third kappa shape index (κ3) is 4.82. The number of halogens is 1. The van der Waals surface area contributed by atoms with Gasteiger partial charge in [0, 0.05) is 0 Å². The minimum absolute atomic E-state index is 0.0233. The molecule has 0 spiro atoms. The molecule has 0 saturated carbocycles. The summed E-state index contributed by atoms with van der Waals surface area (Å²) in [6.07, 6.45) is 0. The average molecular weight is 571 g/mol. The quantitative estimate of drug-likeness (QED) is 0.207. The number of ether oxygens (including phenoxy) is 2. The summed E-state index contributed by atoms with van der Waals surface area (Å²) in [5.41, 5.74) is 1.73. The van der Waals surface area contributed by atoms with Crippen LogP contribution >= 0.6 is 11.3 Å². The number of aliphatic hydroxyl groups excluding tert-OH is 1. The van der Waals surface area contributed by atoms with E-state index in [9.17, 15) is 19.1 Å². The summed E-state index contributed by atoms with van der Waals surface area (Å²) >= 11 is 1.07. The summed E-state index contributed by atoms with van der Waals surface area (Å²) in [7, 11) is 1.49. The predicted octanol–water partition coefficient (Wildman–Crippen LogP) is 6.71. The molecule has 6 rings (SSSR count). The number of amides is 1. The highest BCUT2D eigenvalue weighted by molar-refractivity contribution is 7.22. The van der Waals surface area contributed by atoms with Crippen molar-refractivity contribution in [2.45, 2.75) is 19.6 Å². The fourth-order valence-corrected chi connectivity index (χ4v) is 5.75. The van der Waals surface area contributed by atoms with Crippen molar-refractivity contribution in [2.75, 3.05) is 12.0 Å². The number of aryl methyl sites for hydroxylation is 1. The van der Waals surface area contributed by atoms with E-state index in [4.69, 9.17) is 13.9 Å². The fourth-order valence-electron chi connectivity index (χ4n) is 4.74. The van der Waals surface area contributed by atoms with Crippen molar-refractivity contribution in [2.24, 2.45) is 0 Å². The first-order valence-corrected chi connectivity index (χ1v) is 13.4. The fraction of sp³-hybridized carbons (Fsp3) is 0.129. The summed E-state index contributed by atoms with van der Waals surface area (Å²) in [6.45, 7) is 1.99. The Morgan fingerprint density at radius 3 is 2.61 bits per heavy atom. The Labute approximate surface area is 237 Å². The molecule has 10 heteroatoms. The number of anilines is 1. The van der Waals surface area contributed by atoms with Crippen LogP contribution in [0, 0.1) is 12.7 Å². The molecule has 0 aliphatic carbocycles. The van der Waals surface area contributed by atoms with Gasteiger partial charge in [-0.15, -0.1) is 0 Å². The molecule has 8 nitrogen and oxygen atoms in total. The topological polar surface area (TPSA) is 102 Å². The van der Waals surface area contributed by atoms with Crippen molar-refractivity contribution in [1.29, 1.82) is 0 Å². The first-order valence-electron chi connectivity index (χ1n) is 12.6. The van der Waals surface area contributed by atoms with Crippen LogP contribution in [0.2, 0.25) is 0 Å². The molecule has 41 heavy (non-hydrogen) atoms. The monoisotopic (exact) mass is 570 g/mol. The molecule has 3 aromatic carbocycles. The average Bonchev–Trinajstić information content (AvgIpc) is 3.67. The van der Waals surface area contributed by atoms with Crippen LogP contribution in [0.4, 0.5) is 9.52 Å². The highest BCUT2D eigenvalue weighted by Crippen LogP contribution is 2.46. The number of nitrogens with zero attached hydrogens (tertiary/aromatic N) is 2. The molecule has 0 bridgehead atoms. The van der Waals surface area contributed by atoms with Gasteiger partial charge in [0.2, 0.25) is 5.78 Å². The lowest BCUT2D eigenvalue weighted by atomic mass is 9.95. The lowest BCUT2D eigenvalue weighted by Crippen LogP contribution is -2.31. The third-order valence-corrected chi connectivity index (χ3v) is 7.72. The van der Waals surface area contributed by atoms with Crippen LogP contribution in [-0.4, -0.2) is 28.9 Å². The van der Waals surface area contributed by atoms with Crippen LogP contribution in [0.1, 0.15) is 33.5 Å². The Kier molecular flexibility index (Phi) is 6.76. The molecule has 0 fully saturated rings. The van der Waals surface area contributed by atoms with E-state index in [0.717, 1.165) is 16.9 Å². The second-order valence-corrected chi connectivity index (χ2v) is 10.4. The Hall–Kier alpha value is -4.96. The molecule has 1 N–H and O–H groups in total. The van der Waals surface area contributed by atoms with Crippen LogP contribution < -0.4 is 14.4 Å². The Balaban J connectivity index is 1.44. The van der Waals surface area contributed by atoms with E-state index in [0.29, 0.717) is 39.6 Å². The van der Waals surface area contributed by atoms with Gasteiger partial charge in [-0.1, -0.05) is 47.7 Å². The van der Waals surface area contributed by atoms with E-state index in [1.807, 2.05) is 30.3 Å². The molecule has 5 aromatic rings. The van der Waals surface area contributed by atoms with Crippen LogP contribution in [0.15, 0.2) is 94.6 Å². The number of carbonyl (C=O) groups is 2. The number of methoxy groups -OCH3 is 1. The van der Waals surface area contributed by atoms with Gasteiger partial charge in [-0.3, -0.25) is 14.5 Å². The van der Waals surface area contributed by atoms with Gasteiger partial charge in [-0.05, 0) is 60.5 Å². The van der Waals surface area contributed by atoms with Gasteiger partial charge < -0.3 is 19.0 Å². The number of aliphatic hydroxyl groups is 1. The van der Waals surface area contributed by atoms with Crippen molar-refractivity contribution in [1.82, 2.24) is 4.98 Å². The van der Waals surface area contributed by atoms with Crippen LogP contribution in [0.5, 0.6) is 11.5 Å². The summed E-state index contributed by atoms with van der Waals surface area (Å²) in [5.74, 6) is -1.33. The van der Waals surface area contributed by atoms with Crippen LogP contribution in [-0.2, 0) is 11.4 Å². The number of thiazole rings is 1. The van der Waals surface area contributed by atoms with Crippen molar-refractivity contribution in [3.8, 4) is 11.5 Å². The minimum atomic E-state index is -1.08. The smallest absolute Gasteiger partial charge is 0.296 e. The molecule has 1 aliphatic heterocycles. The second kappa shape index (κ2) is 10.5. The summed E-state index contributed by atoms with van der Waals surface area (Å²) in [5, 5.41) is 11.2.